The number of aromatic nitrogens is 1. The van der Waals surface area contributed by atoms with Gasteiger partial charge in [-0.15, -0.1) is 0 Å². The Balaban J connectivity index is 1.83. The van der Waals surface area contributed by atoms with Gasteiger partial charge in [-0.05, 0) is 18.2 Å². The molecule has 30 heavy (non-hydrogen) atoms. The Bertz CT molecular complexity index is 1170. The van der Waals surface area contributed by atoms with Gasteiger partial charge < -0.3 is 25.0 Å². The van der Waals surface area contributed by atoms with Crippen LogP contribution in [0.2, 0.25) is 0 Å². The molecule has 0 spiro atoms. The average molecular weight is 407 g/mol. The van der Waals surface area contributed by atoms with Gasteiger partial charge in [0, 0.05) is 43.4 Å². The first kappa shape index (κ1) is 19.8. The fourth-order valence-corrected chi connectivity index (χ4v) is 3.81. The van der Waals surface area contributed by atoms with E-state index in [1.165, 1.54) is 11.2 Å². The van der Waals surface area contributed by atoms with Crippen LogP contribution in [0, 0.1) is 0 Å². The van der Waals surface area contributed by atoms with E-state index in [1.807, 2.05) is 17.7 Å². The number of nitrogens with two attached hydrogens (primary N) is 2. The first-order valence-electron chi connectivity index (χ1n) is 9.72. The van der Waals surface area contributed by atoms with Crippen LogP contribution in [0.4, 0.5) is 11.5 Å². The summed E-state index contributed by atoms with van der Waals surface area (Å²) in [5, 5.41) is 11.9. The Morgan fingerprint density at radius 1 is 1.17 bits per heavy atom. The summed E-state index contributed by atoms with van der Waals surface area (Å²) in [5.74, 6) is 6.99. The van der Waals surface area contributed by atoms with E-state index in [2.05, 4.69) is 4.90 Å². The molecule has 0 bridgehead atoms. The fourth-order valence-electron chi connectivity index (χ4n) is 3.81. The zero-order chi connectivity index (χ0) is 21.3. The monoisotopic (exact) mass is 407 g/mol. The third-order valence-electron chi connectivity index (χ3n) is 5.32. The molecule has 1 saturated heterocycles. The number of hydrogen-bond donors (Lipinski definition) is 3. The molecule has 0 radical (unpaired) electrons. The molecule has 2 aromatic carbocycles. The van der Waals surface area contributed by atoms with Crippen molar-refractivity contribution in [3.63, 3.8) is 0 Å². The van der Waals surface area contributed by atoms with Gasteiger partial charge in [-0.25, -0.2) is 5.84 Å². The lowest BCUT2D eigenvalue weighted by atomic mass is 10.1. The van der Waals surface area contributed by atoms with E-state index in [9.17, 15) is 9.90 Å². The van der Waals surface area contributed by atoms with Crippen molar-refractivity contribution in [1.82, 2.24) is 4.57 Å². The maximum absolute atomic E-state index is 12.9. The number of benzene rings is 2. The van der Waals surface area contributed by atoms with Crippen molar-refractivity contribution in [2.24, 2.45) is 18.6 Å². The maximum atomic E-state index is 12.9. The molecule has 4 rings (SSSR count). The highest BCUT2D eigenvalue weighted by molar-refractivity contribution is 5.92. The zero-order valence-electron chi connectivity index (χ0n) is 16.8. The number of pyridine rings is 1. The average Bonchev–Trinajstić information content (AvgIpc) is 2.76. The van der Waals surface area contributed by atoms with Crippen molar-refractivity contribution in [1.29, 1.82) is 0 Å². The van der Waals surface area contributed by atoms with E-state index in [-0.39, 0.29) is 11.2 Å². The zero-order valence-corrected chi connectivity index (χ0v) is 16.8. The summed E-state index contributed by atoms with van der Waals surface area (Å²) >= 11 is 0. The Hall–Kier alpha value is -3.49. The molecule has 1 aliphatic rings. The van der Waals surface area contributed by atoms with Crippen LogP contribution in [0.1, 0.15) is 5.56 Å². The van der Waals surface area contributed by atoms with Gasteiger partial charge in [0.2, 0.25) is 0 Å². The van der Waals surface area contributed by atoms with E-state index < -0.39 is 0 Å². The van der Waals surface area contributed by atoms with E-state index in [4.69, 9.17) is 16.3 Å². The standard InChI is InChI=1S/C22H25N5O3/c1-25-21(26-9-11-30-12-10-26)13-20(29)16-6-4-5-15(22(16)25)17(23)14-27(24)18-7-2-3-8-19(18)28/h2-8,13-14,28H,9-12,23-24H2,1H3/b17-14-. The van der Waals surface area contributed by atoms with Gasteiger partial charge >= 0.3 is 0 Å². The number of anilines is 2. The lowest BCUT2D eigenvalue weighted by Crippen LogP contribution is -2.38. The Morgan fingerprint density at radius 2 is 1.90 bits per heavy atom. The van der Waals surface area contributed by atoms with Gasteiger partial charge in [0.15, 0.2) is 5.43 Å². The van der Waals surface area contributed by atoms with Crippen molar-refractivity contribution in [2.45, 2.75) is 0 Å². The molecule has 8 nitrogen and oxygen atoms in total. The molecular formula is C22H25N5O3. The molecule has 1 aromatic heterocycles. The van der Waals surface area contributed by atoms with Crippen LogP contribution in [0.25, 0.3) is 16.6 Å². The molecule has 0 atom stereocenters. The molecule has 0 aliphatic carbocycles. The maximum Gasteiger partial charge on any atom is 0.191 e. The summed E-state index contributed by atoms with van der Waals surface area (Å²) in [7, 11) is 1.92. The van der Waals surface area contributed by atoms with Crippen LogP contribution >= 0.6 is 0 Å². The molecule has 3 aromatic rings. The first-order valence-corrected chi connectivity index (χ1v) is 9.72. The highest BCUT2D eigenvalue weighted by Crippen LogP contribution is 2.28. The van der Waals surface area contributed by atoms with Crippen molar-refractivity contribution in [3.05, 3.63) is 70.5 Å². The highest BCUT2D eigenvalue weighted by atomic mass is 16.5. The van der Waals surface area contributed by atoms with Crippen LogP contribution in [-0.2, 0) is 11.8 Å². The molecule has 1 fully saturated rings. The number of aromatic hydroxyl groups is 1. The van der Waals surface area contributed by atoms with E-state index in [0.717, 1.165) is 24.4 Å². The van der Waals surface area contributed by atoms with Gasteiger partial charge in [-0.3, -0.25) is 9.80 Å². The second-order valence-corrected chi connectivity index (χ2v) is 7.21. The minimum absolute atomic E-state index is 0.0453. The Morgan fingerprint density at radius 3 is 2.63 bits per heavy atom. The molecule has 0 unspecified atom stereocenters. The van der Waals surface area contributed by atoms with Gasteiger partial charge in [-0.1, -0.05) is 24.3 Å². The van der Waals surface area contributed by atoms with Crippen LogP contribution < -0.4 is 26.9 Å². The number of aryl methyl sites for hydroxylation is 1. The largest absolute Gasteiger partial charge is 0.506 e. The van der Waals surface area contributed by atoms with Crippen molar-refractivity contribution >= 4 is 28.1 Å². The van der Waals surface area contributed by atoms with Crippen molar-refractivity contribution < 1.29 is 9.84 Å². The van der Waals surface area contributed by atoms with Crippen LogP contribution in [-0.4, -0.2) is 36.0 Å². The minimum atomic E-state index is -0.0652. The number of fused-ring (bicyclic) bond motifs is 1. The molecule has 1 aliphatic heterocycles. The van der Waals surface area contributed by atoms with Crippen LogP contribution in [0.3, 0.4) is 0 Å². The molecule has 5 N–H and O–H groups in total. The molecule has 0 amide bonds. The van der Waals surface area contributed by atoms with E-state index >= 15 is 0 Å². The summed E-state index contributed by atoms with van der Waals surface area (Å²) in [6.45, 7) is 2.68. The SMILES string of the molecule is Cn1c(N2CCOCC2)cc(=O)c2cccc(/C(N)=C/N(N)c3ccccc3O)c21. The predicted octanol–water partition coefficient (Wildman–Crippen LogP) is 1.72. The van der Waals surface area contributed by atoms with E-state index in [0.29, 0.717) is 35.5 Å². The van der Waals surface area contributed by atoms with Crippen LogP contribution in [0.5, 0.6) is 5.75 Å². The summed E-state index contributed by atoms with van der Waals surface area (Å²) in [6, 6.07) is 13.8. The molecule has 2 heterocycles. The topological polar surface area (TPSA) is 110 Å². The molecule has 156 valence electrons. The van der Waals surface area contributed by atoms with Crippen molar-refractivity contribution in [2.75, 3.05) is 36.2 Å². The van der Waals surface area contributed by atoms with Crippen LogP contribution in [0.15, 0.2) is 59.5 Å². The number of hydrogen-bond acceptors (Lipinski definition) is 7. The number of phenolic OH excluding ortho intramolecular Hbond substituents is 1. The number of nitrogens with zero attached hydrogens (tertiary/aromatic N) is 3. The molecule has 8 heteroatoms. The molecule has 0 saturated carbocycles. The Labute approximate surface area is 174 Å². The smallest absolute Gasteiger partial charge is 0.191 e. The predicted molar refractivity (Wildman–Crippen MR) is 119 cm³/mol. The number of para-hydroxylation sites is 3. The number of hydrazine groups is 1. The number of morpholine rings is 1. The van der Waals surface area contributed by atoms with E-state index in [1.54, 1.807) is 42.5 Å². The lowest BCUT2D eigenvalue weighted by Gasteiger charge is -2.31. The molecular weight excluding hydrogens is 382 g/mol. The summed E-state index contributed by atoms with van der Waals surface area (Å²) in [4.78, 5) is 15.0. The van der Waals surface area contributed by atoms with Gasteiger partial charge in [0.1, 0.15) is 11.6 Å². The second kappa shape index (κ2) is 8.10. The van der Waals surface area contributed by atoms with Gasteiger partial charge in [-0.2, -0.15) is 0 Å². The Kier molecular flexibility index (Phi) is 5.35. The lowest BCUT2D eigenvalue weighted by molar-refractivity contribution is 0.122. The highest BCUT2D eigenvalue weighted by Gasteiger charge is 2.18. The summed E-state index contributed by atoms with van der Waals surface area (Å²) < 4.78 is 7.42. The van der Waals surface area contributed by atoms with Gasteiger partial charge in [0.25, 0.3) is 0 Å². The minimum Gasteiger partial charge on any atom is -0.506 e. The van der Waals surface area contributed by atoms with Crippen molar-refractivity contribution in [3.8, 4) is 5.75 Å². The fraction of sp³-hybridized carbons (Fsp3) is 0.227. The van der Waals surface area contributed by atoms with Gasteiger partial charge in [0.05, 0.1) is 30.1 Å². The second-order valence-electron chi connectivity index (χ2n) is 7.21. The quantitative estimate of drug-likeness (QED) is 0.446. The third kappa shape index (κ3) is 3.58. The number of rotatable bonds is 4. The normalized spacial score (nSPS) is 14.9. The number of ether oxygens (including phenoxy) is 1. The summed E-state index contributed by atoms with van der Waals surface area (Å²) in [5.41, 5.74) is 8.55. The third-order valence-corrected chi connectivity index (χ3v) is 5.32. The summed E-state index contributed by atoms with van der Waals surface area (Å²) in [6.07, 6.45) is 1.54. The number of phenols is 1. The first-order chi connectivity index (χ1) is 14.5.